The van der Waals surface area contributed by atoms with Crippen molar-refractivity contribution in [2.24, 2.45) is 4.99 Å². The van der Waals surface area contributed by atoms with Gasteiger partial charge in [0, 0.05) is 3.57 Å². The van der Waals surface area contributed by atoms with Crippen LogP contribution in [0.5, 0.6) is 11.5 Å². The smallest absolute Gasteiger partial charge is 0.338 e. The van der Waals surface area contributed by atoms with E-state index in [1.807, 2.05) is 55.5 Å². The molecular weight excluding hydrogens is 687 g/mol. The second kappa shape index (κ2) is 12.8. The van der Waals surface area contributed by atoms with Crippen LogP contribution in [0.1, 0.15) is 42.1 Å². The highest BCUT2D eigenvalue weighted by Crippen LogP contribution is 2.37. The van der Waals surface area contributed by atoms with Gasteiger partial charge in [0.05, 0.1) is 40.6 Å². The average molecular weight is 715 g/mol. The number of fused-ring (bicyclic) bond motifs is 1. The van der Waals surface area contributed by atoms with Gasteiger partial charge in [0.2, 0.25) is 0 Å². The number of allylic oxidation sites excluding steroid dienone is 1. The van der Waals surface area contributed by atoms with Crippen molar-refractivity contribution in [1.82, 2.24) is 4.57 Å². The molecule has 0 N–H and O–H groups in total. The summed E-state index contributed by atoms with van der Waals surface area (Å²) in [5.41, 5.74) is 4.13. The first-order valence-corrected chi connectivity index (χ1v) is 15.5. The summed E-state index contributed by atoms with van der Waals surface area (Å²) in [6, 6.07) is 18.6. The summed E-state index contributed by atoms with van der Waals surface area (Å²) in [6.45, 7) is 6.05. The lowest BCUT2D eigenvalue weighted by Crippen LogP contribution is -2.39. The first-order chi connectivity index (χ1) is 20.2. The standard InChI is InChI=1S/C32H28ClIN2O5S/c1-5-40-31(38)27-19(3)35-32-36(28(27)22-10-6-18(2)7-11-22)30(37)26(42-32)16-21-14-24(33)29(25(15-21)39-4)41-17-20-8-12-23(34)13-9-20/h6-16,28H,5,17H2,1-4H3/b26-16+/t28-/m0/s1. The Balaban J connectivity index is 1.56. The van der Waals surface area contributed by atoms with E-state index in [1.165, 1.54) is 11.3 Å². The van der Waals surface area contributed by atoms with Crippen molar-refractivity contribution in [1.29, 1.82) is 0 Å². The fourth-order valence-electron chi connectivity index (χ4n) is 4.71. The predicted octanol–water partition coefficient (Wildman–Crippen LogP) is 5.95. The Morgan fingerprint density at radius 1 is 1.12 bits per heavy atom. The van der Waals surface area contributed by atoms with Crippen LogP contribution >= 0.6 is 45.5 Å². The van der Waals surface area contributed by atoms with Gasteiger partial charge in [-0.25, -0.2) is 9.79 Å². The Morgan fingerprint density at radius 3 is 2.50 bits per heavy atom. The van der Waals surface area contributed by atoms with Gasteiger partial charge in [-0.2, -0.15) is 0 Å². The number of aryl methyl sites for hydroxylation is 1. The third kappa shape index (κ3) is 6.18. The first-order valence-electron chi connectivity index (χ1n) is 13.2. The molecule has 2 heterocycles. The van der Waals surface area contributed by atoms with Gasteiger partial charge in [-0.15, -0.1) is 0 Å². The Bertz CT molecular complexity index is 1860. The van der Waals surface area contributed by atoms with Gasteiger partial charge in [0.25, 0.3) is 5.56 Å². The molecule has 0 spiro atoms. The molecule has 1 aliphatic rings. The second-order valence-electron chi connectivity index (χ2n) is 9.66. The van der Waals surface area contributed by atoms with Gasteiger partial charge < -0.3 is 14.2 Å². The average Bonchev–Trinajstić information content (AvgIpc) is 3.26. The fraction of sp³-hybridized carbons (Fsp3) is 0.219. The normalized spacial score (nSPS) is 14.8. The van der Waals surface area contributed by atoms with Gasteiger partial charge in [0.15, 0.2) is 16.3 Å². The highest BCUT2D eigenvalue weighted by Gasteiger charge is 2.33. The number of methoxy groups -OCH3 is 1. The Hall–Kier alpha value is -3.41. The zero-order valence-corrected chi connectivity index (χ0v) is 27.2. The molecule has 4 aromatic rings. The van der Waals surface area contributed by atoms with Crippen molar-refractivity contribution in [3.05, 3.63) is 122 Å². The number of hydrogen-bond acceptors (Lipinski definition) is 7. The van der Waals surface area contributed by atoms with Gasteiger partial charge in [-0.1, -0.05) is 64.9 Å². The monoisotopic (exact) mass is 714 g/mol. The van der Waals surface area contributed by atoms with E-state index in [0.29, 0.717) is 49.3 Å². The Labute approximate surface area is 265 Å². The molecule has 0 saturated carbocycles. The van der Waals surface area contributed by atoms with Gasteiger partial charge in [-0.05, 0) is 90.4 Å². The number of aromatic nitrogens is 1. The van der Waals surface area contributed by atoms with Crippen LogP contribution in [0.2, 0.25) is 5.02 Å². The molecule has 0 aliphatic carbocycles. The highest BCUT2D eigenvalue weighted by molar-refractivity contribution is 14.1. The number of carbonyl (C=O) groups excluding carboxylic acids is 1. The number of rotatable bonds is 8. The molecule has 3 aromatic carbocycles. The lowest BCUT2D eigenvalue weighted by Gasteiger charge is -2.24. The molecule has 1 atom stereocenters. The minimum atomic E-state index is -0.668. The van der Waals surface area contributed by atoms with E-state index in [0.717, 1.165) is 20.3 Å². The van der Waals surface area contributed by atoms with E-state index in [2.05, 4.69) is 27.6 Å². The van der Waals surface area contributed by atoms with E-state index in [9.17, 15) is 9.59 Å². The minimum absolute atomic E-state index is 0.216. The first kappa shape index (κ1) is 30.1. The summed E-state index contributed by atoms with van der Waals surface area (Å²) in [4.78, 5) is 32.1. The molecule has 0 amide bonds. The van der Waals surface area contributed by atoms with Crippen molar-refractivity contribution >= 4 is 57.6 Å². The quantitative estimate of drug-likeness (QED) is 0.167. The number of esters is 1. The molecule has 1 aliphatic heterocycles. The molecule has 0 radical (unpaired) electrons. The zero-order valence-electron chi connectivity index (χ0n) is 23.4. The summed E-state index contributed by atoms with van der Waals surface area (Å²) in [5, 5.41) is 0.358. The van der Waals surface area contributed by atoms with Gasteiger partial charge >= 0.3 is 5.97 Å². The van der Waals surface area contributed by atoms with Crippen molar-refractivity contribution < 1.29 is 19.0 Å². The van der Waals surface area contributed by atoms with E-state index >= 15 is 0 Å². The number of benzene rings is 3. The van der Waals surface area contributed by atoms with E-state index in [-0.39, 0.29) is 12.2 Å². The van der Waals surface area contributed by atoms with Crippen LogP contribution in [-0.2, 0) is 16.1 Å². The van der Waals surface area contributed by atoms with E-state index < -0.39 is 12.0 Å². The SMILES string of the molecule is CCOC(=O)C1=C(C)N=c2s/c(=C/c3cc(Cl)c(OCc4ccc(I)cc4)c(OC)c3)c(=O)n2[C@H]1c1ccc(C)cc1. The summed E-state index contributed by atoms with van der Waals surface area (Å²) in [5.74, 6) is 0.381. The topological polar surface area (TPSA) is 79.1 Å². The lowest BCUT2D eigenvalue weighted by molar-refractivity contribution is -0.139. The number of carbonyl (C=O) groups is 1. The fourth-order valence-corrected chi connectivity index (χ4v) is 6.39. The molecule has 42 heavy (non-hydrogen) atoms. The number of thiazole rings is 1. The molecule has 216 valence electrons. The summed E-state index contributed by atoms with van der Waals surface area (Å²) in [7, 11) is 1.54. The number of hydrogen-bond donors (Lipinski definition) is 0. The summed E-state index contributed by atoms with van der Waals surface area (Å²) in [6.07, 6.45) is 1.75. The van der Waals surface area contributed by atoms with Crippen LogP contribution < -0.4 is 24.4 Å². The zero-order chi connectivity index (χ0) is 30.0. The van der Waals surface area contributed by atoms with Crippen LogP contribution in [0.15, 0.2) is 81.7 Å². The Morgan fingerprint density at radius 2 is 1.83 bits per heavy atom. The molecule has 0 bridgehead atoms. The summed E-state index contributed by atoms with van der Waals surface area (Å²) >= 11 is 10.2. The molecule has 7 nitrogen and oxygen atoms in total. The second-order valence-corrected chi connectivity index (χ2v) is 12.3. The van der Waals surface area contributed by atoms with Crippen LogP contribution in [-0.4, -0.2) is 24.3 Å². The Kier molecular flexibility index (Phi) is 9.19. The van der Waals surface area contributed by atoms with E-state index in [4.69, 9.17) is 25.8 Å². The number of halogens is 2. The largest absolute Gasteiger partial charge is 0.493 e. The molecule has 0 unspecified atom stereocenters. The van der Waals surface area contributed by atoms with Crippen LogP contribution in [0.25, 0.3) is 6.08 Å². The van der Waals surface area contributed by atoms with Crippen molar-refractivity contribution in [2.45, 2.75) is 33.4 Å². The summed E-state index contributed by atoms with van der Waals surface area (Å²) < 4.78 is 20.1. The lowest BCUT2D eigenvalue weighted by atomic mass is 9.95. The highest BCUT2D eigenvalue weighted by atomic mass is 127. The van der Waals surface area contributed by atoms with Crippen LogP contribution in [0.4, 0.5) is 0 Å². The molecule has 10 heteroatoms. The van der Waals surface area contributed by atoms with Gasteiger partial charge in [0.1, 0.15) is 6.61 Å². The van der Waals surface area contributed by atoms with Crippen LogP contribution in [0.3, 0.4) is 0 Å². The van der Waals surface area contributed by atoms with Crippen molar-refractivity contribution in [3.63, 3.8) is 0 Å². The van der Waals surface area contributed by atoms with Gasteiger partial charge in [-0.3, -0.25) is 9.36 Å². The number of nitrogens with zero attached hydrogens (tertiary/aromatic N) is 2. The maximum absolute atomic E-state index is 13.9. The molecular formula is C32H28ClIN2O5S. The van der Waals surface area contributed by atoms with Crippen LogP contribution in [0, 0.1) is 10.5 Å². The van der Waals surface area contributed by atoms with E-state index in [1.54, 1.807) is 43.7 Å². The molecule has 0 fully saturated rings. The number of ether oxygens (including phenoxy) is 3. The van der Waals surface area contributed by atoms with Crippen molar-refractivity contribution in [2.75, 3.05) is 13.7 Å². The third-order valence-corrected chi connectivity index (χ3v) is 8.74. The molecule has 0 saturated heterocycles. The van der Waals surface area contributed by atoms with Crippen molar-refractivity contribution in [3.8, 4) is 11.5 Å². The maximum atomic E-state index is 13.9. The maximum Gasteiger partial charge on any atom is 0.338 e. The third-order valence-electron chi connectivity index (χ3n) is 6.76. The molecule has 1 aromatic heterocycles. The minimum Gasteiger partial charge on any atom is -0.493 e. The molecule has 5 rings (SSSR count). The predicted molar refractivity (Wildman–Crippen MR) is 173 cm³/mol.